The van der Waals surface area contributed by atoms with Crippen molar-refractivity contribution in [3.63, 3.8) is 0 Å². The Bertz CT molecular complexity index is 404. The van der Waals surface area contributed by atoms with Gasteiger partial charge < -0.3 is 14.2 Å². The predicted molar refractivity (Wildman–Crippen MR) is 58.2 cm³/mol. The fourth-order valence-corrected chi connectivity index (χ4v) is 0.732. The van der Waals surface area contributed by atoms with Gasteiger partial charge in [0.15, 0.2) is 0 Å². The molecule has 18 heavy (non-hydrogen) atoms. The lowest BCUT2D eigenvalue weighted by Crippen LogP contribution is -1.98. The summed E-state index contributed by atoms with van der Waals surface area (Å²) in [6, 6.07) is 0. The van der Waals surface area contributed by atoms with Gasteiger partial charge in [0.25, 0.3) is 0 Å². The van der Waals surface area contributed by atoms with E-state index < -0.39 is 23.9 Å². The Morgan fingerprint density at radius 1 is 1.17 bits per heavy atom. The van der Waals surface area contributed by atoms with E-state index in [4.69, 9.17) is 11.6 Å². The Labute approximate surface area is 107 Å². The summed E-state index contributed by atoms with van der Waals surface area (Å²) < 4.78 is 12.4. The highest BCUT2D eigenvalue weighted by atomic mass is 35.5. The Hall–Kier alpha value is -2.15. The van der Waals surface area contributed by atoms with Crippen molar-refractivity contribution in [1.29, 1.82) is 0 Å². The molecule has 0 atom stereocenters. The van der Waals surface area contributed by atoms with Crippen LogP contribution in [0, 0.1) is 0 Å². The first-order valence-electron chi connectivity index (χ1n) is 4.38. The van der Waals surface area contributed by atoms with Crippen LogP contribution in [0.3, 0.4) is 0 Å². The summed E-state index contributed by atoms with van der Waals surface area (Å²) in [5.74, 6) is -2.62. The zero-order valence-corrected chi connectivity index (χ0v) is 10.2. The molecule has 0 aromatic heterocycles. The summed E-state index contributed by atoms with van der Waals surface area (Å²) in [6.45, 7) is 0. The molecule has 1 rings (SSSR count). The van der Waals surface area contributed by atoms with Gasteiger partial charge in [-0.25, -0.2) is 19.2 Å². The van der Waals surface area contributed by atoms with Crippen LogP contribution in [0.2, 0.25) is 0 Å². The van der Waals surface area contributed by atoms with Crippen LogP contribution in [0.25, 0.3) is 0 Å². The SMILES string of the molecule is COC(=O)C=CC(=O)OC.O=C1C=C(Cl)C(=O)O1. The van der Waals surface area contributed by atoms with Crippen LogP contribution in [0.4, 0.5) is 0 Å². The maximum atomic E-state index is 10.3. The summed E-state index contributed by atoms with van der Waals surface area (Å²) in [6.07, 6.45) is 2.92. The van der Waals surface area contributed by atoms with Gasteiger partial charge in [0, 0.05) is 18.2 Å². The number of carbonyl (C=O) groups is 4. The number of methoxy groups -OCH3 is 2. The third kappa shape index (κ3) is 6.44. The zero-order valence-electron chi connectivity index (χ0n) is 9.47. The van der Waals surface area contributed by atoms with E-state index in [0.717, 1.165) is 18.2 Å². The maximum absolute atomic E-state index is 10.3. The molecule has 0 unspecified atom stereocenters. The highest BCUT2D eigenvalue weighted by Crippen LogP contribution is 2.10. The molecule has 0 bridgehead atoms. The molecule has 0 amide bonds. The van der Waals surface area contributed by atoms with E-state index in [-0.39, 0.29) is 5.03 Å². The van der Waals surface area contributed by atoms with Crippen LogP contribution in [0.5, 0.6) is 0 Å². The summed E-state index contributed by atoms with van der Waals surface area (Å²) in [7, 11) is 2.45. The van der Waals surface area contributed by atoms with Gasteiger partial charge in [-0.05, 0) is 0 Å². The second kappa shape index (κ2) is 8.02. The first-order chi connectivity index (χ1) is 8.40. The van der Waals surface area contributed by atoms with Crippen LogP contribution in [0.1, 0.15) is 0 Å². The molecule has 0 saturated heterocycles. The minimum Gasteiger partial charge on any atom is -0.466 e. The lowest BCUT2D eigenvalue weighted by Gasteiger charge is -1.89. The number of rotatable bonds is 2. The quantitative estimate of drug-likeness (QED) is 0.305. The number of ether oxygens (including phenoxy) is 3. The van der Waals surface area contributed by atoms with Crippen LogP contribution in [-0.2, 0) is 33.4 Å². The molecular formula is C10H9ClO7. The number of hydrogen-bond donors (Lipinski definition) is 0. The van der Waals surface area contributed by atoms with Gasteiger partial charge in [-0.15, -0.1) is 0 Å². The molecular weight excluding hydrogens is 268 g/mol. The van der Waals surface area contributed by atoms with Gasteiger partial charge >= 0.3 is 23.9 Å². The summed E-state index contributed by atoms with van der Waals surface area (Å²) in [4.78, 5) is 40.8. The summed E-state index contributed by atoms with van der Waals surface area (Å²) >= 11 is 5.12. The normalized spacial score (nSPS) is 13.4. The van der Waals surface area contributed by atoms with Gasteiger partial charge in [-0.2, -0.15) is 0 Å². The van der Waals surface area contributed by atoms with Crippen LogP contribution < -0.4 is 0 Å². The summed E-state index contributed by atoms with van der Waals surface area (Å²) in [5.41, 5.74) is 0. The van der Waals surface area contributed by atoms with Crippen molar-refractivity contribution in [1.82, 2.24) is 0 Å². The van der Waals surface area contributed by atoms with Gasteiger partial charge in [0.05, 0.1) is 14.2 Å². The first-order valence-corrected chi connectivity index (χ1v) is 4.75. The van der Waals surface area contributed by atoms with Crippen molar-refractivity contribution >= 4 is 35.5 Å². The number of halogens is 1. The van der Waals surface area contributed by atoms with Crippen molar-refractivity contribution < 1.29 is 33.4 Å². The molecule has 0 aliphatic carbocycles. The number of esters is 4. The molecule has 1 aliphatic heterocycles. The highest BCUT2D eigenvalue weighted by Gasteiger charge is 2.20. The minimum absolute atomic E-state index is 0.157. The van der Waals surface area contributed by atoms with Crippen molar-refractivity contribution in [3.8, 4) is 0 Å². The zero-order chi connectivity index (χ0) is 14.1. The van der Waals surface area contributed by atoms with Crippen LogP contribution >= 0.6 is 11.6 Å². The third-order valence-electron chi connectivity index (χ3n) is 1.39. The minimum atomic E-state index is -0.767. The monoisotopic (exact) mass is 276 g/mol. The Kier molecular flexibility index (Phi) is 7.06. The van der Waals surface area contributed by atoms with E-state index in [1.165, 1.54) is 14.2 Å². The average Bonchev–Trinajstić information content (AvgIpc) is 2.63. The van der Waals surface area contributed by atoms with Gasteiger partial charge in [-0.3, -0.25) is 0 Å². The van der Waals surface area contributed by atoms with Crippen molar-refractivity contribution in [3.05, 3.63) is 23.3 Å². The highest BCUT2D eigenvalue weighted by molar-refractivity contribution is 6.44. The van der Waals surface area contributed by atoms with E-state index in [9.17, 15) is 19.2 Å². The van der Waals surface area contributed by atoms with Crippen molar-refractivity contribution in [2.75, 3.05) is 14.2 Å². The van der Waals surface area contributed by atoms with Gasteiger partial charge in [0.1, 0.15) is 5.03 Å². The topological polar surface area (TPSA) is 96.0 Å². The van der Waals surface area contributed by atoms with Gasteiger partial charge in [0.2, 0.25) is 0 Å². The predicted octanol–water partition coefficient (Wildman–Crippen LogP) is 0.0811. The van der Waals surface area contributed by atoms with E-state index in [0.29, 0.717) is 0 Å². The first kappa shape index (κ1) is 15.9. The van der Waals surface area contributed by atoms with Crippen molar-refractivity contribution in [2.45, 2.75) is 0 Å². The molecule has 0 spiro atoms. The Morgan fingerprint density at radius 2 is 1.61 bits per heavy atom. The van der Waals surface area contributed by atoms with Crippen LogP contribution in [-0.4, -0.2) is 38.1 Å². The second-order valence-electron chi connectivity index (χ2n) is 2.58. The second-order valence-corrected chi connectivity index (χ2v) is 2.99. The maximum Gasteiger partial charge on any atom is 0.357 e. The average molecular weight is 277 g/mol. The Balaban J connectivity index is 0.000000327. The molecule has 0 aromatic carbocycles. The van der Waals surface area contributed by atoms with Crippen molar-refractivity contribution in [2.24, 2.45) is 0 Å². The van der Waals surface area contributed by atoms with E-state index in [1.54, 1.807) is 0 Å². The van der Waals surface area contributed by atoms with E-state index >= 15 is 0 Å². The molecule has 8 heteroatoms. The number of carbonyl (C=O) groups excluding carboxylic acids is 4. The lowest BCUT2D eigenvalue weighted by atomic mass is 10.5. The van der Waals surface area contributed by atoms with Gasteiger partial charge in [-0.1, -0.05) is 11.6 Å². The van der Waals surface area contributed by atoms with E-state index in [2.05, 4.69) is 14.2 Å². The number of hydrogen-bond acceptors (Lipinski definition) is 7. The molecule has 0 aromatic rings. The van der Waals surface area contributed by atoms with E-state index in [1.807, 2.05) is 0 Å². The lowest BCUT2D eigenvalue weighted by molar-refractivity contribution is -0.150. The summed E-state index contributed by atoms with van der Waals surface area (Å²) in [5, 5.41) is -0.157. The molecule has 0 radical (unpaired) electrons. The third-order valence-corrected chi connectivity index (χ3v) is 1.65. The number of cyclic esters (lactones) is 2. The molecule has 1 heterocycles. The Morgan fingerprint density at radius 3 is 1.78 bits per heavy atom. The molecule has 0 saturated carbocycles. The van der Waals surface area contributed by atoms with Crippen LogP contribution in [0.15, 0.2) is 23.3 Å². The molecule has 1 aliphatic rings. The fraction of sp³-hybridized carbons (Fsp3) is 0.200. The molecule has 7 nitrogen and oxygen atoms in total. The smallest absolute Gasteiger partial charge is 0.357 e. The molecule has 98 valence electrons. The fourth-order valence-electron chi connectivity index (χ4n) is 0.604. The molecule has 0 fully saturated rings. The largest absolute Gasteiger partial charge is 0.466 e. The molecule has 0 N–H and O–H groups in total. The standard InChI is InChI=1S/C6H8O4.C4HClO3/c1-9-5(7)3-4-6(8)10-2;5-2-1-3(6)8-4(2)7/h3-4H,1-2H3;1H.